The van der Waals surface area contributed by atoms with E-state index in [0.29, 0.717) is 0 Å². The first-order chi connectivity index (χ1) is 6.00. The molecule has 0 amide bonds. The van der Waals surface area contributed by atoms with Crippen molar-refractivity contribution in [3.05, 3.63) is 0 Å². The van der Waals surface area contributed by atoms with Gasteiger partial charge in [0.05, 0.1) is 0 Å². The normalized spacial score (nSPS) is 10.2. The van der Waals surface area contributed by atoms with E-state index in [-0.39, 0.29) is 34.7 Å². The fourth-order valence-corrected chi connectivity index (χ4v) is 0. The molecule has 0 aromatic rings. The second-order valence-electron chi connectivity index (χ2n) is 1.34. The Kier molecular flexibility index (Phi) is 21.1. The Bertz CT molecular complexity index is 341. The van der Waals surface area contributed by atoms with E-state index >= 15 is 0 Å². The molecule has 17 heavy (non-hydrogen) atoms. The molecule has 0 atom stereocenters. The second-order valence-corrected chi connectivity index (χ2v) is 4.03. The van der Waals surface area contributed by atoms with Gasteiger partial charge in [-0.05, 0) is 0 Å². The van der Waals surface area contributed by atoms with Crippen molar-refractivity contribution in [2.75, 3.05) is 0 Å². The molecule has 0 aliphatic heterocycles. The summed E-state index contributed by atoms with van der Waals surface area (Å²) in [5.74, 6) is 0. The van der Waals surface area contributed by atoms with Crippen molar-refractivity contribution in [3.8, 4) is 0 Å². The zero-order valence-electron chi connectivity index (χ0n) is 7.17. The van der Waals surface area contributed by atoms with Crippen LogP contribution in [0.15, 0.2) is 0 Å². The molecule has 12 nitrogen and oxygen atoms in total. The maximum atomic E-state index is 8.74. The van der Waals surface area contributed by atoms with Crippen molar-refractivity contribution in [1.82, 2.24) is 0 Å². The van der Waals surface area contributed by atoms with E-state index < -0.39 is 31.2 Å². The van der Waals surface area contributed by atoms with Crippen molar-refractivity contribution in [2.24, 2.45) is 0 Å². The molecule has 0 aromatic heterocycles. The van der Waals surface area contributed by atoms with Gasteiger partial charge in [0.2, 0.25) is 0 Å². The molecule has 0 bridgehead atoms. The van der Waals surface area contributed by atoms with Crippen LogP contribution in [0.2, 0.25) is 0 Å². The fourth-order valence-electron chi connectivity index (χ4n) is 0. The maximum absolute atomic E-state index is 8.74. The van der Waals surface area contributed by atoms with E-state index in [4.69, 9.17) is 52.6 Å². The van der Waals surface area contributed by atoms with Crippen LogP contribution >= 0.6 is 0 Å². The van der Waals surface area contributed by atoms with Gasteiger partial charge in [-0.25, -0.2) is 0 Å². The van der Waals surface area contributed by atoms with Crippen LogP contribution in [0.1, 0.15) is 0 Å². The summed E-state index contributed by atoms with van der Waals surface area (Å²) in [6.07, 6.45) is 0. The number of rotatable bonds is 0. The summed E-state index contributed by atoms with van der Waals surface area (Å²) in [6, 6.07) is 0. The third kappa shape index (κ3) is 7880. The van der Waals surface area contributed by atoms with E-state index in [9.17, 15) is 0 Å². The quantitative estimate of drug-likeness (QED) is 0.245. The van der Waals surface area contributed by atoms with Gasteiger partial charge in [0.15, 0.2) is 0 Å². The van der Waals surface area contributed by atoms with Crippen molar-refractivity contribution >= 4 is 31.2 Å². The predicted octanol–water partition coefficient (Wildman–Crippen LogP) is -1.96. The van der Waals surface area contributed by atoms with Crippen LogP contribution in [0.5, 0.6) is 0 Å². The first-order valence-electron chi connectivity index (χ1n) is 2.10. The second kappa shape index (κ2) is 11.7. The van der Waals surface area contributed by atoms with Gasteiger partial charge < -0.3 is 0 Å². The van der Waals surface area contributed by atoms with Gasteiger partial charge in [0.25, 0.3) is 0 Å². The summed E-state index contributed by atoms with van der Waals surface area (Å²) < 4.78 is 94.8. The zero-order valence-corrected chi connectivity index (χ0v) is 12.2. The average molecular weight is 398 g/mol. The first kappa shape index (κ1) is 30.6. The van der Waals surface area contributed by atoms with E-state index in [1.807, 2.05) is 0 Å². The van der Waals surface area contributed by atoms with Crippen LogP contribution < -0.4 is 0 Å². The number of hydrogen-bond acceptors (Lipinski definition) is 6. The van der Waals surface area contributed by atoms with Crippen LogP contribution in [-0.4, -0.2) is 52.6 Å². The first-order valence-corrected chi connectivity index (χ1v) is 6.29. The van der Waals surface area contributed by atoms with Gasteiger partial charge in [-0.3, -0.25) is 27.3 Å². The molecule has 0 rings (SSSR count). The molecular weight excluding hydrogens is 392 g/mol. The minimum Gasteiger partial charge on any atom is -0.264 e. The van der Waals surface area contributed by atoms with Crippen LogP contribution in [-0.2, 0) is 65.9 Å². The van der Waals surface area contributed by atoms with Gasteiger partial charge >= 0.3 is 31.2 Å². The summed E-state index contributed by atoms with van der Waals surface area (Å²) in [4.78, 5) is 0. The maximum Gasteiger partial charge on any atom is 0.394 e. The van der Waals surface area contributed by atoms with Gasteiger partial charge in [-0.15, -0.1) is 0 Å². The third-order valence-electron chi connectivity index (χ3n) is 0. The van der Waals surface area contributed by atoms with Crippen molar-refractivity contribution in [3.63, 3.8) is 0 Å². The van der Waals surface area contributed by atoms with Crippen LogP contribution in [0.25, 0.3) is 0 Å². The topological polar surface area (TPSA) is 224 Å². The Morgan fingerprint density at radius 1 is 0.412 bits per heavy atom. The Morgan fingerprint density at radius 2 is 0.412 bits per heavy atom. The molecule has 0 spiro atoms. The zero-order chi connectivity index (χ0) is 13.5. The van der Waals surface area contributed by atoms with Gasteiger partial charge in [-0.2, -0.15) is 25.3 Å². The van der Waals surface area contributed by atoms with E-state index in [0.717, 1.165) is 0 Å². The summed E-state index contributed by atoms with van der Waals surface area (Å²) in [5.41, 5.74) is 0. The van der Waals surface area contributed by atoms with Crippen LogP contribution in [0.4, 0.5) is 0 Å². The van der Waals surface area contributed by atoms with E-state index in [1.54, 1.807) is 0 Å². The Balaban J connectivity index is -0.0000000400. The summed E-state index contributed by atoms with van der Waals surface area (Å²) >= 11 is 0. The van der Waals surface area contributed by atoms with Crippen LogP contribution in [0, 0.1) is 0 Å². The SMILES string of the molecule is O=S(=O)(O)O.O=S(=O)(O)O.O=S(=O)(O)O.[Cr].[Cr]. The van der Waals surface area contributed by atoms with Gasteiger partial charge in [0, 0.05) is 34.7 Å². The summed E-state index contributed by atoms with van der Waals surface area (Å²) in [5, 5.41) is 0. The fraction of sp³-hybridized carbons (Fsp3) is 0. The molecule has 0 aliphatic rings. The van der Waals surface area contributed by atoms with Gasteiger partial charge in [-0.1, -0.05) is 0 Å². The van der Waals surface area contributed by atoms with Crippen molar-refractivity contribution in [2.45, 2.75) is 0 Å². The monoisotopic (exact) mass is 398 g/mol. The molecule has 6 N–H and O–H groups in total. The minimum absolute atomic E-state index is 0. The largest absolute Gasteiger partial charge is 0.394 e. The molecule has 108 valence electrons. The van der Waals surface area contributed by atoms with E-state index in [2.05, 4.69) is 0 Å². The molecule has 0 radical (unpaired) electrons. The van der Waals surface area contributed by atoms with Crippen LogP contribution in [0.3, 0.4) is 0 Å². The summed E-state index contributed by atoms with van der Waals surface area (Å²) in [7, 11) is -14.0. The molecule has 17 heteroatoms. The molecule has 0 saturated carbocycles. The average Bonchev–Trinajstić information content (AvgIpc) is 1.41. The van der Waals surface area contributed by atoms with Crippen molar-refractivity contribution < 1.29 is 87.3 Å². The third-order valence-corrected chi connectivity index (χ3v) is 0. The minimum atomic E-state index is -4.67. The van der Waals surface area contributed by atoms with Gasteiger partial charge in [0.1, 0.15) is 0 Å². The molecule has 0 aliphatic carbocycles. The summed E-state index contributed by atoms with van der Waals surface area (Å²) in [6.45, 7) is 0. The Hall–Kier alpha value is 0.675. The molecule has 0 heterocycles. The smallest absolute Gasteiger partial charge is 0.264 e. The Morgan fingerprint density at radius 3 is 0.412 bits per heavy atom. The standard InChI is InChI=1S/2Cr.3H2O4S/c;;3*1-5(2,3)4/h;;3*(H2,1,2,3,4). The molecular formula is H6Cr2O12S3. The number of hydrogen-bond donors (Lipinski definition) is 6. The molecule has 0 saturated heterocycles. The molecule has 0 aromatic carbocycles. The van der Waals surface area contributed by atoms with Crippen molar-refractivity contribution in [1.29, 1.82) is 0 Å². The molecule has 0 unspecified atom stereocenters. The Labute approximate surface area is 118 Å². The van der Waals surface area contributed by atoms with E-state index in [1.165, 1.54) is 0 Å². The molecule has 0 fully saturated rings. The predicted molar refractivity (Wildman–Crippen MR) is 42.5 cm³/mol.